The molecule has 0 bridgehead atoms. The first-order chi connectivity index (χ1) is 10.6. The van der Waals surface area contributed by atoms with Crippen molar-refractivity contribution in [2.75, 3.05) is 13.1 Å². The number of likely N-dealkylation sites (tertiary alicyclic amines) is 1. The summed E-state index contributed by atoms with van der Waals surface area (Å²) in [5.74, 6) is 0. The summed E-state index contributed by atoms with van der Waals surface area (Å²) in [7, 11) is 0. The number of hydrogen-bond donors (Lipinski definition) is 1. The number of rotatable bonds is 3. The van der Waals surface area contributed by atoms with Crippen molar-refractivity contribution in [3.8, 4) is 0 Å². The first-order valence-corrected chi connectivity index (χ1v) is 8.33. The molecular weight excluding hydrogens is 292 g/mol. The molecule has 0 spiro atoms. The van der Waals surface area contributed by atoms with Gasteiger partial charge < -0.3 is 5.73 Å². The maximum Gasteiger partial charge on any atom is 0.0602 e. The number of hydrogen-bond acceptors (Lipinski definition) is 2. The van der Waals surface area contributed by atoms with Crippen molar-refractivity contribution >= 4 is 11.6 Å². The molecule has 2 aromatic rings. The minimum Gasteiger partial charge on any atom is -0.328 e. The van der Waals surface area contributed by atoms with Crippen LogP contribution in [0.25, 0.3) is 0 Å². The third kappa shape index (κ3) is 3.52. The SMILES string of the molecule is Cc1cc(Cl)cc(C(c2ccccc2)N2CCC(N)CC2)c1. The summed E-state index contributed by atoms with van der Waals surface area (Å²) in [5.41, 5.74) is 9.87. The molecule has 1 aliphatic heterocycles. The number of benzene rings is 2. The summed E-state index contributed by atoms with van der Waals surface area (Å²) in [5, 5.41) is 0.810. The first kappa shape index (κ1) is 15.5. The second kappa shape index (κ2) is 6.82. The molecule has 1 unspecified atom stereocenters. The average Bonchev–Trinajstić information content (AvgIpc) is 2.50. The van der Waals surface area contributed by atoms with E-state index in [1.165, 1.54) is 16.7 Å². The van der Waals surface area contributed by atoms with Gasteiger partial charge in [0.05, 0.1) is 6.04 Å². The van der Waals surface area contributed by atoms with Gasteiger partial charge in [-0.05, 0) is 48.6 Å². The van der Waals surface area contributed by atoms with Crippen molar-refractivity contribution in [2.24, 2.45) is 5.73 Å². The Kier molecular flexibility index (Phi) is 4.82. The number of nitrogens with zero attached hydrogens (tertiary/aromatic N) is 1. The molecule has 3 rings (SSSR count). The van der Waals surface area contributed by atoms with Gasteiger partial charge in [-0.1, -0.05) is 48.0 Å². The van der Waals surface area contributed by atoms with Crippen LogP contribution in [-0.4, -0.2) is 24.0 Å². The van der Waals surface area contributed by atoms with Crippen LogP contribution in [0.15, 0.2) is 48.5 Å². The number of piperidine rings is 1. The second-order valence-electron chi connectivity index (χ2n) is 6.25. The third-order valence-corrected chi connectivity index (χ3v) is 4.65. The third-order valence-electron chi connectivity index (χ3n) is 4.43. The first-order valence-electron chi connectivity index (χ1n) is 7.95. The molecule has 0 saturated carbocycles. The van der Waals surface area contributed by atoms with Gasteiger partial charge in [0.1, 0.15) is 0 Å². The highest BCUT2D eigenvalue weighted by Crippen LogP contribution is 2.32. The van der Waals surface area contributed by atoms with E-state index in [9.17, 15) is 0 Å². The van der Waals surface area contributed by atoms with E-state index in [1.807, 2.05) is 6.07 Å². The number of halogens is 1. The molecule has 1 saturated heterocycles. The molecule has 1 heterocycles. The van der Waals surface area contributed by atoms with Crippen molar-refractivity contribution in [3.05, 3.63) is 70.2 Å². The van der Waals surface area contributed by atoms with Gasteiger partial charge in [0.2, 0.25) is 0 Å². The molecule has 2 aromatic carbocycles. The van der Waals surface area contributed by atoms with E-state index in [-0.39, 0.29) is 6.04 Å². The average molecular weight is 315 g/mol. The van der Waals surface area contributed by atoms with Crippen LogP contribution in [0.2, 0.25) is 5.02 Å². The Labute approximate surface area is 137 Å². The molecule has 0 radical (unpaired) electrons. The van der Waals surface area contributed by atoms with Crippen molar-refractivity contribution < 1.29 is 0 Å². The maximum atomic E-state index is 6.31. The van der Waals surface area contributed by atoms with Crippen LogP contribution in [0.3, 0.4) is 0 Å². The molecule has 3 heteroatoms. The van der Waals surface area contributed by atoms with Gasteiger partial charge in [0, 0.05) is 24.2 Å². The Morgan fingerprint density at radius 2 is 1.73 bits per heavy atom. The number of aryl methyl sites for hydroxylation is 1. The zero-order chi connectivity index (χ0) is 15.5. The van der Waals surface area contributed by atoms with Crippen LogP contribution < -0.4 is 5.73 Å². The Bertz CT molecular complexity index is 598. The van der Waals surface area contributed by atoms with Crippen LogP contribution >= 0.6 is 11.6 Å². The van der Waals surface area contributed by atoms with Crippen LogP contribution in [0, 0.1) is 6.92 Å². The molecule has 116 valence electrons. The van der Waals surface area contributed by atoms with Gasteiger partial charge in [0.15, 0.2) is 0 Å². The molecule has 0 amide bonds. The van der Waals surface area contributed by atoms with Crippen LogP contribution in [0.5, 0.6) is 0 Å². The summed E-state index contributed by atoms with van der Waals surface area (Å²) in [6, 6.07) is 17.6. The number of nitrogens with two attached hydrogens (primary N) is 1. The Morgan fingerprint density at radius 3 is 2.36 bits per heavy atom. The van der Waals surface area contributed by atoms with Gasteiger partial charge in [-0.3, -0.25) is 4.90 Å². The van der Waals surface area contributed by atoms with E-state index < -0.39 is 0 Å². The van der Waals surface area contributed by atoms with Gasteiger partial charge in [-0.25, -0.2) is 0 Å². The highest BCUT2D eigenvalue weighted by atomic mass is 35.5. The fraction of sp³-hybridized carbons (Fsp3) is 0.368. The maximum absolute atomic E-state index is 6.31. The van der Waals surface area contributed by atoms with E-state index in [4.69, 9.17) is 17.3 Å². The molecule has 1 fully saturated rings. The van der Waals surface area contributed by atoms with Crippen LogP contribution in [-0.2, 0) is 0 Å². The lowest BCUT2D eigenvalue weighted by atomic mass is 9.93. The minimum absolute atomic E-state index is 0.256. The zero-order valence-corrected chi connectivity index (χ0v) is 13.8. The lowest BCUT2D eigenvalue weighted by molar-refractivity contribution is 0.175. The lowest BCUT2D eigenvalue weighted by Crippen LogP contribution is -2.41. The summed E-state index contributed by atoms with van der Waals surface area (Å²) in [6.07, 6.45) is 2.12. The molecule has 1 aliphatic rings. The monoisotopic (exact) mass is 314 g/mol. The van der Waals surface area contributed by atoms with E-state index >= 15 is 0 Å². The van der Waals surface area contributed by atoms with Crippen molar-refractivity contribution in [1.82, 2.24) is 4.90 Å². The van der Waals surface area contributed by atoms with Crippen LogP contribution in [0.4, 0.5) is 0 Å². The van der Waals surface area contributed by atoms with E-state index in [0.29, 0.717) is 6.04 Å². The standard InChI is InChI=1S/C19H23ClN2/c1-14-11-16(13-17(20)12-14)19(15-5-3-2-4-6-15)22-9-7-18(21)8-10-22/h2-6,11-13,18-19H,7-10,21H2,1H3. The van der Waals surface area contributed by atoms with E-state index in [2.05, 4.69) is 54.3 Å². The lowest BCUT2D eigenvalue weighted by Gasteiger charge is -2.37. The van der Waals surface area contributed by atoms with Gasteiger partial charge in [0.25, 0.3) is 0 Å². The topological polar surface area (TPSA) is 29.3 Å². The van der Waals surface area contributed by atoms with Crippen molar-refractivity contribution in [2.45, 2.75) is 31.8 Å². The normalized spacial score (nSPS) is 18.3. The Hall–Kier alpha value is -1.35. The fourth-order valence-electron chi connectivity index (χ4n) is 3.35. The zero-order valence-electron chi connectivity index (χ0n) is 13.0. The molecule has 0 aromatic heterocycles. The molecule has 2 nitrogen and oxygen atoms in total. The van der Waals surface area contributed by atoms with Crippen molar-refractivity contribution in [3.63, 3.8) is 0 Å². The predicted molar refractivity (Wildman–Crippen MR) is 93.3 cm³/mol. The van der Waals surface area contributed by atoms with Crippen molar-refractivity contribution in [1.29, 1.82) is 0 Å². The van der Waals surface area contributed by atoms with E-state index in [1.54, 1.807) is 0 Å². The smallest absolute Gasteiger partial charge is 0.0602 e. The Balaban J connectivity index is 1.99. The fourth-order valence-corrected chi connectivity index (χ4v) is 3.65. The minimum atomic E-state index is 0.256. The summed E-state index contributed by atoms with van der Waals surface area (Å²) in [4.78, 5) is 2.53. The molecule has 0 aliphatic carbocycles. The molecular formula is C19H23ClN2. The van der Waals surface area contributed by atoms with Gasteiger partial charge >= 0.3 is 0 Å². The van der Waals surface area contributed by atoms with Gasteiger partial charge in [-0.15, -0.1) is 0 Å². The molecule has 1 atom stereocenters. The summed E-state index contributed by atoms with van der Waals surface area (Å²) in [6.45, 7) is 4.17. The second-order valence-corrected chi connectivity index (χ2v) is 6.68. The largest absolute Gasteiger partial charge is 0.328 e. The molecule has 22 heavy (non-hydrogen) atoms. The van der Waals surface area contributed by atoms with Gasteiger partial charge in [-0.2, -0.15) is 0 Å². The van der Waals surface area contributed by atoms with Crippen LogP contribution in [0.1, 0.15) is 35.6 Å². The molecule has 2 N–H and O–H groups in total. The van der Waals surface area contributed by atoms with E-state index in [0.717, 1.165) is 31.0 Å². The summed E-state index contributed by atoms with van der Waals surface area (Å²) >= 11 is 6.31. The Morgan fingerprint density at radius 1 is 1.05 bits per heavy atom. The highest BCUT2D eigenvalue weighted by molar-refractivity contribution is 6.30. The quantitative estimate of drug-likeness (QED) is 0.921. The summed E-state index contributed by atoms with van der Waals surface area (Å²) < 4.78 is 0. The predicted octanol–water partition coefficient (Wildman–Crippen LogP) is 4.16. The highest BCUT2D eigenvalue weighted by Gasteiger charge is 2.26.